The summed E-state index contributed by atoms with van der Waals surface area (Å²) in [6, 6.07) is 9.02. The smallest absolute Gasteiger partial charge is 0.233 e. The van der Waals surface area contributed by atoms with Crippen molar-refractivity contribution in [2.45, 2.75) is 63.7 Å². The monoisotopic (exact) mass is 427 g/mol. The van der Waals surface area contributed by atoms with Crippen LogP contribution in [0.3, 0.4) is 0 Å². The Kier molecular flexibility index (Phi) is 6.66. The van der Waals surface area contributed by atoms with Gasteiger partial charge in [0, 0.05) is 32.7 Å². The Labute approximate surface area is 184 Å². The minimum atomic E-state index is 0.123. The first kappa shape index (κ1) is 21.2. The highest BCUT2D eigenvalue weighted by atomic mass is 32.2. The molecule has 0 bridgehead atoms. The molecule has 0 spiro atoms. The van der Waals surface area contributed by atoms with E-state index in [0.717, 1.165) is 42.1 Å². The lowest BCUT2D eigenvalue weighted by molar-refractivity contribution is -0.127. The maximum Gasteiger partial charge on any atom is 0.233 e. The largest absolute Gasteiger partial charge is 0.341 e. The first-order chi connectivity index (χ1) is 14.5. The van der Waals surface area contributed by atoms with Gasteiger partial charge in [-0.05, 0) is 49.1 Å². The van der Waals surface area contributed by atoms with Gasteiger partial charge in [-0.1, -0.05) is 49.9 Å². The van der Waals surface area contributed by atoms with E-state index >= 15 is 0 Å². The zero-order chi connectivity index (χ0) is 21.1. The molecule has 30 heavy (non-hydrogen) atoms. The summed E-state index contributed by atoms with van der Waals surface area (Å²) >= 11 is 1.53. The number of thioether (sulfide) groups is 1. The van der Waals surface area contributed by atoms with Crippen molar-refractivity contribution in [2.75, 3.05) is 30.8 Å². The standard InChI is InChI=1S/C23H33N5OS/c1-4-18-5-7-19(8-6-18)15-26(3)21(29)16-30-23-25-24-22(28(23)20-9-10-20)27-13-11-17(2)12-14-27/h5-8,17,20H,4,9-16H2,1-3H3. The van der Waals surface area contributed by atoms with Crippen LogP contribution in [-0.4, -0.2) is 51.5 Å². The highest BCUT2D eigenvalue weighted by Gasteiger charge is 2.32. The Morgan fingerprint density at radius 2 is 1.77 bits per heavy atom. The summed E-state index contributed by atoms with van der Waals surface area (Å²) in [4.78, 5) is 16.9. The van der Waals surface area contributed by atoms with E-state index in [0.29, 0.717) is 18.3 Å². The molecule has 0 N–H and O–H groups in total. The number of carbonyl (C=O) groups is 1. The molecule has 1 saturated heterocycles. The van der Waals surface area contributed by atoms with E-state index < -0.39 is 0 Å². The summed E-state index contributed by atoms with van der Waals surface area (Å²) in [6.45, 7) is 7.21. The highest BCUT2D eigenvalue weighted by Crippen LogP contribution is 2.41. The van der Waals surface area contributed by atoms with Crippen LogP contribution in [-0.2, 0) is 17.8 Å². The van der Waals surface area contributed by atoms with E-state index in [4.69, 9.17) is 0 Å². The molecule has 7 heteroatoms. The second-order valence-corrected chi connectivity index (χ2v) is 9.70. The van der Waals surface area contributed by atoms with Gasteiger partial charge in [0.15, 0.2) is 5.16 Å². The third-order valence-electron chi connectivity index (χ3n) is 6.23. The number of aromatic nitrogens is 3. The van der Waals surface area contributed by atoms with E-state index in [-0.39, 0.29) is 5.91 Å². The molecular weight excluding hydrogens is 394 g/mol. The molecular formula is C23H33N5OS. The molecule has 2 aromatic rings. The van der Waals surface area contributed by atoms with Gasteiger partial charge in [0.1, 0.15) is 0 Å². The van der Waals surface area contributed by atoms with Gasteiger partial charge in [0.25, 0.3) is 0 Å². The molecule has 162 valence electrons. The Hall–Kier alpha value is -2.02. The van der Waals surface area contributed by atoms with Gasteiger partial charge >= 0.3 is 0 Å². The predicted octanol–water partition coefficient (Wildman–Crippen LogP) is 4.16. The normalized spacial score (nSPS) is 17.4. The van der Waals surface area contributed by atoms with E-state index in [1.54, 1.807) is 4.90 Å². The van der Waals surface area contributed by atoms with Crippen molar-refractivity contribution in [3.05, 3.63) is 35.4 Å². The Morgan fingerprint density at radius 3 is 2.40 bits per heavy atom. The molecule has 2 aliphatic rings. The first-order valence-electron chi connectivity index (χ1n) is 11.2. The molecule has 4 rings (SSSR count). The van der Waals surface area contributed by atoms with E-state index in [1.165, 1.54) is 43.0 Å². The number of piperidine rings is 1. The van der Waals surface area contributed by atoms with Crippen LogP contribution in [0.15, 0.2) is 29.4 Å². The number of benzene rings is 1. The molecule has 2 heterocycles. The average Bonchev–Trinajstić information content (AvgIpc) is 3.52. The zero-order valence-corrected chi connectivity index (χ0v) is 19.2. The molecule has 0 radical (unpaired) electrons. The van der Waals surface area contributed by atoms with Gasteiger partial charge in [-0.15, -0.1) is 10.2 Å². The fourth-order valence-electron chi connectivity index (χ4n) is 3.92. The molecule has 1 aromatic heterocycles. The first-order valence-corrected chi connectivity index (χ1v) is 12.2. The number of hydrogen-bond donors (Lipinski definition) is 0. The number of anilines is 1. The number of amides is 1. The van der Waals surface area contributed by atoms with Gasteiger partial charge in [-0.2, -0.15) is 0 Å². The van der Waals surface area contributed by atoms with Gasteiger partial charge in [0.2, 0.25) is 11.9 Å². The molecule has 1 saturated carbocycles. The fourth-order valence-corrected chi connectivity index (χ4v) is 4.86. The van der Waals surface area contributed by atoms with Crippen LogP contribution in [0.2, 0.25) is 0 Å². The van der Waals surface area contributed by atoms with Crippen molar-refractivity contribution in [1.29, 1.82) is 0 Å². The zero-order valence-electron chi connectivity index (χ0n) is 18.4. The van der Waals surface area contributed by atoms with Crippen LogP contribution in [0.25, 0.3) is 0 Å². The number of nitrogens with zero attached hydrogens (tertiary/aromatic N) is 5. The van der Waals surface area contributed by atoms with E-state index in [2.05, 4.69) is 57.8 Å². The molecule has 2 fully saturated rings. The molecule has 0 unspecified atom stereocenters. The number of carbonyl (C=O) groups excluding carboxylic acids is 1. The van der Waals surface area contributed by atoms with Crippen LogP contribution in [0.5, 0.6) is 0 Å². The number of rotatable bonds is 8. The number of hydrogen-bond acceptors (Lipinski definition) is 5. The van der Waals surface area contributed by atoms with Crippen LogP contribution in [0.4, 0.5) is 5.95 Å². The van der Waals surface area contributed by atoms with Gasteiger partial charge < -0.3 is 9.80 Å². The second-order valence-electron chi connectivity index (χ2n) is 8.76. The van der Waals surface area contributed by atoms with Crippen LogP contribution >= 0.6 is 11.8 Å². The lowest BCUT2D eigenvalue weighted by Gasteiger charge is -2.31. The van der Waals surface area contributed by atoms with Crippen molar-refractivity contribution in [3.8, 4) is 0 Å². The molecule has 1 aliphatic heterocycles. The summed E-state index contributed by atoms with van der Waals surface area (Å²) in [7, 11) is 1.88. The lowest BCUT2D eigenvalue weighted by Crippen LogP contribution is -2.34. The summed E-state index contributed by atoms with van der Waals surface area (Å²) in [6.07, 6.45) is 5.83. The second kappa shape index (κ2) is 9.41. The third kappa shape index (κ3) is 4.99. The molecule has 1 aromatic carbocycles. The quantitative estimate of drug-likeness (QED) is 0.592. The van der Waals surface area contributed by atoms with Crippen LogP contribution in [0.1, 0.15) is 56.7 Å². The van der Waals surface area contributed by atoms with Crippen molar-refractivity contribution >= 4 is 23.6 Å². The summed E-state index contributed by atoms with van der Waals surface area (Å²) in [5.41, 5.74) is 2.48. The minimum Gasteiger partial charge on any atom is -0.341 e. The van der Waals surface area contributed by atoms with E-state index in [9.17, 15) is 4.79 Å². The van der Waals surface area contributed by atoms with Crippen molar-refractivity contribution in [3.63, 3.8) is 0 Å². The summed E-state index contributed by atoms with van der Waals surface area (Å²) in [5.74, 6) is 2.31. The maximum atomic E-state index is 12.7. The third-order valence-corrected chi connectivity index (χ3v) is 7.15. The van der Waals surface area contributed by atoms with Crippen LogP contribution < -0.4 is 4.90 Å². The van der Waals surface area contributed by atoms with Gasteiger partial charge in [-0.3, -0.25) is 9.36 Å². The van der Waals surface area contributed by atoms with Crippen molar-refractivity contribution in [1.82, 2.24) is 19.7 Å². The summed E-state index contributed by atoms with van der Waals surface area (Å²) < 4.78 is 2.29. The molecule has 1 aliphatic carbocycles. The van der Waals surface area contributed by atoms with Gasteiger partial charge in [0.05, 0.1) is 5.75 Å². The average molecular weight is 428 g/mol. The van der Waals surface area contributed by atoms with Gasteiger partial charge in [-0.25, -0.2) is 0 Å². The van der Waals surface area contributed by atoms with Crippen LogP contribution in [0, 0.1) is 5.92 Å². The van der Waals surface area contributed by atoms with Crippen molar-refractivity contribution < 1.29 is 4.79 Å². The fraction of sp³-hybridized carbons (Fsp3) is 0.609. The number of aryl methyl sites for hydroxylation is 1. The van der Waals surface area contributed by atoms with E-state index in [1.807, 2.05) is 7.05 Å². The minimum absolute atomic E-state index is 0.123. The SMILES string of the molecule is CCc1ccc(CN(C)C(=O)CSc2nnc(N3CCC(C)CC3)n2C2CC2)cc1. The summed E-state index contributed by atoms with van der Waals surface area (Å²) in [5, 5.41) is 9.88. The van der Waals surface area contributed by atoms with Crippen molar-refractivity contribution in [2.24, 2.45) is 5.92 Å². The lowest BCUT2D eigenvalue weighted by atomic mass is 10.00. The molecule has 0 atom stereocenters. The Bertz CT molecular complexity index is 853. The Balaban J connectivity index is 1.36. The Morgan fingerprint density at radius 1 is 1.10 bits per heavy atom. The highest BCUT2D eigenvalue weighted by molar-refractivity contribution is 7.99. The maximum absolute atomic E-state index is 12.7. The molecule has 6 nitrogen and oxygen atoms in total. The molecule has 1 amide bonds. The predicted molar refractivity (Wildman–Crippen MR) is 122 cm³/mol. The topological polar surface area (TPSA) is 54.3 Å².